The van der Waals surface area contributed by atoms with Gasteiger partial charge in [-0.25, -0.2) is 15.0 Å². The van der Waals surface area contributed by atoms with Gasteiger partial charge in [0.1, 0.15) is 12.7 Å². The Morgan fingerprint density at radius 1 is 0.958 bits per heavy atom. The van der Waals surface area contributed by atoms with Crippen molar-refractivity contribution in [3.8, 4) is 11.8 Å². The van der Waals surface area contributed by atoms with E-state index in [-0.39, 0.29) is 0 Å². The Labute approximate surface area is 136 Å². The zero-order valence-corrected chi connectivity index (χ0v) is 12.9. The predicted molar refractivity (Wildman–Crippen MR) is 90.3 cm³/mol. The monoisotopic (exact) mass is 315 g/mol. The normalized spacial score (nSPS) is 11.5. The Bertz CT molecular complexity index is 1160. The van der Waals surface area contributed by atoms with Gasteiger partial charge in [0.15, 0.2) is 5.82 Å². The van der Waals surface area contributed by atoms with Crippen molar-refractivity contribution in [2.45, 2.75) is 0 Å². The molecule has 0 spiro atoms. The maximum Gasteiger partial charge on any atom is 0.238 e. The van der Waals surface area contributed by atoms with E-state index in [2.05, 4.69) is 9.97 Å². The first-order valence-corrected chi connectivity index (χ1v) is 7.54. The molecule has 0 saturated heterocycles. The average Bonchev–Trinajstić information content (AvgIpc) is 3.32. The quantitative estimate of drug-likeness (QED) is 0.502. The van der Waals surface area contributed by atoms with Crippen LogP contribution in [0, 0.1) is 0 Å². The fourth-order valence-corrected chi connectivity index (χ4v) is 2.93. The number of para-hydroxylation sites is 2. The van der Waals surface area contributed by atoms with E-state index in [0.29, 0.717) is 5.95 Å². The van der Waals surface area contributed by atoms with Crippen molar-refractivity contribution in [2.24, 2.45) is 7.05 Å². The average molecular weight is 315 g/mol. The topological polar surface area (TPSA) is 66.3 Å². The van der Waals surface area contributed by atoms with E-state index < -0.39 is 0 Å². The Morgan fingerprint density at radius 3 is 2.75 bits per heavy atom. The fraction of sp³-hybridized carbons (Fsp3) is 0.0588. The molecule has 0 N–H and O–H groups in total. The van der Waals surface area contributed by atoms with Crippen LogP contribution in [0.5, 0.6) is 0 Å². The van der Waals surface area contributed by atoms with Crippen molar-refractivity contribution in [3.63, 3.8) is 0 Å². The summed E-state index contributed by atoms with van der Waals surface area (Å²) in [4.78, 5) is 18.0. The van der Waals surface area contributed by atoms with Gasteiger partial charge in [-0.05, 0) is 12.1 Å². The zero-order chi connectivity index (χ0) is 16.1. The molecule has 1 aromatic carbocycles. The lowest BCUT2D eigenvalue weighted by molar-refractivity contribution is 0.920. The molecular formula is C17H13N7. The molecule has 4 aromatic heterocycles. The molecule has 0 unspecified atom stereocenters. The van der Waals surface area contributed by atoms with Crippen LogP contribution < -0.4 is 0 Å². The van der Waals surface area contributed by atoms with Gasteiger partial charge < -0.3 is 4.57 Å². The molecular weight excluding hydrogens is 302 g/mol. The Balaban J connectivity index is 1.83. The molecule has 0 aliphatic heterocycles. The number of imidazole rings is 2. The highest BCUT2D eigenvalue weighted by Crippen LogP contribution is 2.23. The number of fused-ring (bicyclic) bond motifs is 2. The molecule has 5 aromatic rings. The lowest BCUT2D eigenvalue weighted by Crippen LogP contribution is -2.04. The second-order valence-electron chi connectivity index (χ2n) is 5.64. The van der Waals surface area contributed by atoms with E-state index in [1.807, 2.05) is 63.6 Å². The smallest absolute Gasteiger partial charge is 0.238 e. The highest BCUT2D eigenvalue weighted by Gasteiger charge is 2.14. The van der Waals surface area contributed by atoms with Crippen LogP contribution in [0.2, 0.25) is 0 Å². The minimum Gasteiger partial charge on any atom is -0.354 e. The van der Waals surface area contributed by atoms with Crippen molar-refractivity contribution in [2.75, 3.05) is 0 Å². The summed E-state index contributed by atoms with van der Waals surface area (Å²) in [6, 6.07) is 7.94. The van der Waals surface area contributed by atoms with E-state index in [1.165, 1.54) is 0 Å². The first-order valence-electron chi connectivity index (χ1n) is 7.54. The van der Waals surface area contributed by atoms with Crippen LogP contribution in [-0.4, -0.2) is 33.6 Å². The molecule has 0 saturated carbocycles. The number of rotatable bonds is 2. The molecule has 4 heterocycles. The van der Waals surface area contributed by atoms with Gasteiger partial charge in [0.05, 0.1) is 21.9 Å². The summed E-state index contributed by atoms with van der Waals surface area (Å²) in [6.07, 6.45) is 11.1. The summed E-state index contributed by atoms with van der Waals surface area (Å²) in [5, 5.41) is 0.976. The van der Waals surface area contributed by atoms with Gasteiger partial charge in [-0.3, -0.25) is 9.13 Å². The SMILES string of the molecule is Cn1cc2nc(-n3cnc4ccccc43)nc(-n3ccnc3)c2c1. The minimum atomic E-state index is 0.589. The van der Waals surface area contributed by atoms with E-state index >= 15 is 0 Å². The molecule has 0 radical (unpaired) electrons. The third-order valence-electron chi connectivity index (χ3n) is 4.02. The molecule has 0 fully saturated rings. The van der Waals surface area contributed by atoms with Crippen molar-refractivity contribution in [1.29, 1.82) is 0 Å². The van der Waals surface area contributed by atoms with Gasteiger partial charge in [-0.2, -0.15) is 4.98 Å². The largest absolute Gasteiger partial charge is 0.354 e. The van der Waals surface area contributed by atoms with Gasteiger partial charge in [-0.1, -0.05) is 12.1 Å². The number of aryl methyl sites for hydroxylation is 1. The second kappa shape index (κ2) is 4.76. The maximum atomic E-state index is 4.77. The summed E-state index contributed by atoms with van der Waals surface area (Å²) < 4.78 is 5.78. The second-order valence-corrected chi connectivity index (χ2v) is 5.64. The third-order valence-corrected chi connectivity index (χ3v) is 4.02. The number of nitrogens with zero attached hydrogens (tertiary/aromatic N) is 7. The van der Waals surface area contributed by atoms with Crippen molar-refractivity contribution < 1.29 is 0 Å². The number of aromatic nitrogens is 7. The van der Waals surface area contributed by atoms with Crippen LogP contribution in [0.3, 0.4) is 0 Å². The lowest BCUT2D eigenvalue weighted by atomic mass is 10.3. The van der Waals surface area contributed by atoms with Gasteiger partial charge in [0.2, 0.25) is 5.95 Å². The number of benzene rings is 1. The standard InChI is InChI=1S/C17H13N7/c1-22-8-12-14(9-22)20-17(21-16(12)23-7-6-18-10-23)24-11-19-13-4-2-3-5-15(13)24/h2-11H,1H3. The van der Waals surface area contributed by atoms with E-state index in [4.69, 9.17) is 9.97 Å². The molecule has 0 atom stereocenters. The summed E-state index contributed by atoms with van der Waals surface area (Å²) in [5.41, 5.74) is 2.77. The first kappa shape index (κ1) is 13.0. The molecule has 0 amide bonds. The number of hydrogen-bond acceptors (Lipinski definition) is 4. The molecule has 0 bridgehead atoms. The lowest BCUT2D eigenvalue weighted by Gasteiger charge is -2.07. The van der Waals surface area contributed by atoms with Gasteiger partial charge in [0, 0.05) is 31.8 Å². The van der Waals surface area contributed by atoms with Crippen molar-refractivity contribution >= 4 is 21.9 Å². The highest BCUT2D eigenvalue weighted by atomic mass is 15.2. The molecule has 24 heavy (non-hydrogen) atoms. The molecule has 5 rings (SSSR count). The maximum absolute atomic E-state index is 4.77. The molecule has 116 valence electrons. The van der Waals surface area contributed by atoms with Crippen molar-refractivity contribution in [1.82, 2.24) is 33.6 Å². The van der Waals surface area contributed by atoms with Crippen LogP contribution >= 0.6 is 0 Å². The van der Waals surface area contributed by atoms with Crippen LogP contribution in [-0.2, 0) is 7.05 Å². The summed E-state index contributed by atoms with van der Waals surface area (Å²) in [7, 11) is 1.98. The van der Waals surface area contributed by atoms with Gasteiger partial charge >= 0.3 is 0 Å². The molecule has 7 nitrogen and oxygen atoms in total. The van der Waals surface area contributed by atoms with Crippen molar-refractivity contribution in [3.05, 3.63) is 61.7 Å². The minimum absolute atomic E-state index is 0.589. The molecule has 7 heteroatoms. The van der Waals surface area contributed by atoms with E-state index in [9.17, 15) is 0 Å². The van der Waals surface area contributed by atoms with Crippen LogP contribution in [0.15, 0.2) is 61.7 Å². The summed E-state index contributed by atoms with van der Waals surface area (Å²) in [6.45, 7) is 0. The first-order chi connectivity index (χ1) is 11.8. The van der Waals surface area contributed by atoms with E-state index in [1.54, 1.807) is 18.9 Å². The van der Waals surface area contributed by atoms with Crippen LogP contribution in [0.1, 0.15) is 0 Å². The predicted octanol–water partition coefficient (Wildman–Crippen LogP) is 2.49. The number of hydrogen-bond donors (Lipinski definition) is 0. The van der Waals surface area contributed by atoms with Crippen LogP contribution in [0.4, 0.5) is 0 Å². The molecule has 0 aliphatic rings. The Morgan fingerprint density at radius 2 is 1.88 bits per heavy atom. The van der Waals surface area contributed by atoms with Gasteiger partial charge in [-0.15, -0.1) is 0 Å². The third kappa shape index (κ3) is 1.84. The Hall–Kier alpha value is -3.48. The zero-order valence-electron chi connectivity index (χ0n) is 12.9. The van der Waals surface area contributed by atoms with Gasteiger partial charge in [0.25, 0.3) is 0 Å². The van der Waals surface area contributed by atoms with E-state index in [0.717, 1.165) is 27.8 Å². The van der Waals surface area contributed by atoms with Crippen LogP contribution in [0.25, 0.3) is 33.7 Å². The Kier molecular flexibility index (Phi) is 2.58. The highest BCUT2D eigenvalue weighted by molar-refractivity contribution is 5.86. The summed E-state index contributed by atoms with van der Waals surface area (Å²) in [5.74, 6) is 1.39. The fourth-order valence-electron chi connectivity index (χ4n) is 2.93. The summed E-state index contributed by atoms with van der Waals surface area (Å²) >= 11 is 0. The molecule has 0 aliphatic carbocycles.